The molecule has 22 heavy (non-hydrogen) atoms. The maximum Gasteiger partial charge on any atom is 0.191 e. The molecule has 1 aliphatic carbocycles. The van der Waals surface area contributed by atoms with Crippen LogP contribution in [0.2, 0.25) is 0 Å². The second kappa shape index (κ2) is 4.19. The maximum absolute atomic E-state index is 12.8. The third-order valence-electron chi connectivity index (χ3n) is 4.72. The van der Waals surface area contributed by atoms with Crippen LogP contribution in [0.1, 0.15) is 27.6 Å². The highest BCUT2D eigenvalue weighted by Gasteiger charge is 2.70. The normalized spacial score (nSPS) is 25.5. The van der Waals surface area contributed by atoms with Gasteiger partial charge in [-0.05, 0) is 31.2 Å². The smallest absolute Gasteiger partial charge is 0.191 e. The fraction of sp³-hybridized carbons (Fsp3) is 0.222. The van der Waals surface area contributed by atoms with Crippen LogP contribution in [0.5, 0.6) is 5.75 Å². The highest BCUT2D eigenvalue weighted by molar-refractivity contribution is 6.28. The zero-order valence-electron chi connectivity index (χ0n) is 12.4. The zero-order chi connectivity index (χ0) is 15.5. The van der Waals surface area contributed by atoms with Crippen molar-refractivity contribution in [3.8, 4) is 5.75 Å². The lowest BCUT2D eigenvalue weighted by Crippen LogP contribution is -2.34. The van der Waals surface area contributed by atoms with E-state index in [4.69, 9.17) is 4.74 Å². The Morgan fingerprint density at radius 1 is 1.00 bits per heavy atom. The molecule has 1 heterocycles. The summed E-state index contributed by atoms with van der Waals surface area (Å²) in [6.45, 7) is 1.85. The molecule has 4 heteroatoms. The molecule has 2 aliphatic rings. The van der Waals surface area contributed by atoms with E-state index < -0.39 is 11.6 Å². The molecular weight excluding hydrogens is 278 g/mol. The molecule has 2 atom stereocenters. The number of rotatable bonds is 2. The van der Waals surface area contributed by atoms with E-state index in [0.717, 1.165) is 11.4 Å². The number of nitrogens with zero attached hydrogens (tertiary/aromatic N) is 1. The van der Waals surface area contributed by atoms with Gasteiger partial charge in [-0.25, -0.2) is 0 Å². The monoisotopic (exact) mass is 293 g/mol. The molecule has 4 nitrogen and oxygen atoms in total. The summed E-state index contributed by atoms with van der Waals surface area (Å²) in [5, 5.41) is 0. The number of hydrogen-bond donors (Lipinski definition) is 0. The Kier molecular flexibility index (Phi) is 2.49. The first kappa shape index (κ1) is 13.1. The minimum atomic E-state index is -0.764. The van der Waals surface area contributed by atoms with Crippen LogP contribution in [-0.2, 0) is 0 Å². The van der Waals surface area contributed by atoms with E-state index in [1.807, 2.05) is 36.1 Å². The van der Waals surface area contributed by atoms with Gasteiger partial charge in [0.05, 0.1) is 7.11 Å². The second-order valence-corrected chi connectivity index (χ2v) is 5.86. The van der Waals surface area contributed by atoms with Gasteiger partial charge in [-0.3, -0.25) is 9.59 Å². The topological polar surface area (TPSA) is 46.4 Å². The number of hydrogen-bond acceptors (Lipinski definition) is 4. The summed E-state index contributed by atoms with van der Waals surface area (Å²) in [7, 11) is 1.61. The van der Waals surface area contributed by atoms with Crippen molar-refractivity contribution in [2.45, 2.75) is 18.5 Å². The average molecular weight is 293 g/mol. The minimum absolute atomic E-state index is 0.0171. The van der Waals surface area contributed by atoms with E-state index >= 15 is 0 Å². The Hall–Kier alpha value is -2.62. The summed E-state index contributed by atoms with van der Waals surface area (Å²) >= 11 is 0. The van der Waals surface area contributed by atoms with Gasteiger partial charge in [-0.2, -0.15) is 0 Å². The largest absolute Gasteiger partial charge is 0.497 e. The number of ether oxygens (including phenoxy) is 1. The standard InChI is InChI=1S/C18H15NO3/c1-18-16(19(18)11-7-9-12(22-2)10-8-11)15(20)13-5-3-4-6-14(13)17(18)21/h3-10,16H,1-2H3. The molecule has 0 radical (unpaired) electrons. The van der Waals surface area contributed by atoms with Gasteiger partial charge >= 0.3 is 0 Å². The van der Waals surface area contributed by atoms with Crippen LogP contribution in [-0.4, -0.2) is 30.3 Å². The van der Waals surface area contributed by atoms with Crippen molar-refractivity contribution in [2.24, 2.45) is 0 Å². The summed E-state index contributed by atoms with van der Waals surface area (Å²) in [6.07, 6.45) is 0. The highest BCUT2D eigenvalue weighted by atomic mass is 16.5. The Bertz CT molecular complexity index is 796. The van der Waals surface area contributed by atoms with Gasteiger partial charge in [-0.15, -0.1) is 0 Å². The molecule has 4 rings (SSSR count). The van der Waals surface area contributed by atoms with Gasteiger partial charge in [-0.1, -0.05) is 24.3 Å². The predicted molar refractivity (Wildman–Crippen MR) is 82.8 cm³/mol. The molecule has 0 bridgehead atoms. The van der Waals surface area contributed by atoms with Crippen LogP contribution < -0.4 is 9.64 Å². The van der Waals surface area contributed by atoms with E-state index in [1.165, 1.54) is 0 Å². The molecule has 110 valence electrons. The summed E-state index contributed by atoms with van der Waals surface area (Å²) in [4.78, 5) is 27.4. The van der Waals surface area contributed by atoms with E-state index in [9.17, 15) is 9.59 Å². The van der Waals surface area contributed by atoms with Crippen molar-refractivity contribution in [1.82, 2.24) is 0 Å². The van der Waals surface area contributed by atoms with Crippen molar-refractivity contribution in [2.75, 3.05) is 12.0 Å². The van der Waals surface area contributed by atoms with Gasteiger partial charge in [0, 0.05) is 16.8 Å². The van der Waals surface area contributed by atoms with Gasteiger partial charge in [0.25, 0.3) is 0 Å². The van der Waals surface area contributed by atoms with Gasteiger partial charge in [0.15, 0.2) is 11.6 Å². The molecule has 0 N–H and O–H groups in total. The lowest BCUT2D eigenvalue weighted by molar-refractivity contribution is 0.0889. The Morgan fingerprint density at radius 2 is 1.64 bits per heavy atom. The number of carbonyl (C=O) groups excluding carboxylic acids is 2. The third-order valence-corrected chi connectivity index (χ3v) is 4.72. The maximum atomic E-state index is 12.8. The van der Waals surface area contributed by atoms with Crippen molar-refractivity contribution in [3.63, 3.8) is 0 Å². The summed E-state index contributed by atoms with van der Waals surface area (Å²) in [5.41, 5.74) is 1.16. The number of anilines is 1. The predicted octanol–water partition coefficient (Wildman–Crippen LogP) is 2.72. The molecule has 0 amide bonds. The lowest BCUT2D eigenvalue weighted by Gasteiger charge is -2.16. The number of ketones is 2. The van der Waals surface area contributed by atoms with Gasteiger partial charge in [0.1, 0.15) is 17.3 Å². The number of benzene rings is 2. The lowest BCUT2D eigenvalue weighted by atomic mass is 9.83. The molecule has 2 aromatic rings. The molecular formula is C18H15NO3. The van der Waals surface area contributed by atoms with Crippen LogP contribution in [0, 0.1) is 0 Å². The quantitative estimate of drug-likeness (QED) is 0.799. The van der Waals surface area contributed by atoms with E-state index in [1.54, 1.807) is 31.4 Å². The van der Waals surface area contributed by atoms with E-state index in [0.29, 0.717) is 11.1 Å². The molecule has 1 aliphatic heterocycles. The van der Waals surface area contributed by atoms with Crippen LogP contribution in [0.15, 0.2) is 48.5 Å². The zero-order valence-corrected chi connectivity index (χ0v) is 12.4. The van der Waals surface area contributed by atoms with Crippen molar-refractivity contribution < 1.29 is 14.3 Å². The van der Waals surface area contributed by atoms with Crippen molar-refractivity contribution in [1.29, 1.82) is 0 Å². The summed E-state index contributed by atoms with van der Waals surface area (Å²) < 4.78 is 5.15. The van der Waals surface area contributed by atoms with Crippen LogP contribution in [0.3, 0.4) is 0 Å². The fourth-order valence-electron chi connectivity index (χ4n) is 3.47. The molecule has 0 spiro atoms. The number of carbonyl (C=O) groups is 2. The first-order chi connectivity index (χ1) is 10.6. The summed E-state index contributed by atoms with van der Waals surface area (Å²) in [6, 6.07) is 14.1. The molecule has 1 saturated heterocycles. The van der Waals surface area contributed by atoms with Crippen LogP contribution in [0.25, 0.3) is 0 Å². The minimum Gasteiger partial charge on any atom is -0.497 e. The Labute approximate surface area is 128 Å². The SMILES string of the molecule is COc1ccc(N2C3C(=O)c4ccccc4C(=O)C32C)cc1. The Morgan fingerprint density at radius 3 is 2.27 bits per heavy atom. The second-order valence-electron chi connectivity index (χ2n) is 5.86. The van der Waals surface area contributed by atoms with Crippen molar-refractivity contribution >= 4 is 17.3 Å². The molecule has 1 fully saturated rings. The molecule has 2 unspecified atom stereocenters. The van der Waals surface area contributed by atoms with Gasteiger partial charge < -0.3 is 9.64 Å². The van der Waals surface area contributed by atoms with E-state index in [-0.39, 0.29) is 11.6 Å². The highest BCUT2D eigenvalue weighted by Crippen LogP contribution is 2.51. The van der Waals surface area contributed by atoms with Crippen molar-refractivity contribution in [3.05, 3.63) is 59.7 Å². The first-order valence-electron chi connectivity index (χ1n) is 7.20. The number of methoxy groups -OCH3 is 1. The first-order valence-corrected chi connectivity index (χ1v) is 7.20. The fourth-order valence-corrected chi connectivity index (χ4v) is 3.47. The summed E-state index contributed by atoms with van der Waals surface area (Å²) in [5.74, 6) is 0.789. The molecule has 0 aromatic heterocycles. The molecule has 0 saturated carbocycles. The van der Waals surface area contributed by atoms with E-state index in [2.05, 4.69) is 0 Å². The average Bonchev–Trinajstić information content (AvgIpc) is 3.20. The van der Waals surface area contributed by atoms with Crippen LogP contribution in [0.4, 0.5) is 5.69 Å². The number of Topliss-reactive ketones (excluding diaryl/α,β-unsaturated/α-hetero) is 2. The molecule has 2 aromatic carbocycles. The third kappa shape index (κ3) is 1.47. The Balaban J connectivity index is 1.78. The number of fused-ring (bicyclic) bond motifs is 2. The van der Waals surface area contributed by atoms with Crippen LogP contribution >= 0.6 is 0 Å². The van der Waals surface area contributed by atoms with Gasteiger partial charge in [0.2, 0.25) is 0 Å².